The van der Waals surface area contributed by atoms with Gasteiger partial charge in [-0.05, 0) is 62.1 Å². The van der Waals surface area contributed by atoms with E-state index in [0.717, 1.165) is 44.3 Å². The molecule has 1 aliphatic carbocycles. The van der Waals surface area contributed by atoms with E-state index in [0.29, 0.717) is 38.1 Å². The van der Waals surface area contributed by atoms with Gasteiger partial charge in [0, 0.05) is 63.6 Å². The first-order valence-electron chi connectivity index (χ1n) is 10.7. The van der Waals surface area contributed by atoms with Crippen molar-refractivity contribution in [2.24, 2.45) is 23.7 Å². The zero-order chi connectivity index (χ0) is 19.5. The largest absolute Gasteiger partial charge is 0.381 e. The summed E-state index contributed by atoms with van der Waals surface area (Å²) in [6, 6.07) is 3.94. The zero-order valence-corrected chi connectivity index (χ0v) is 16.8. The van der Waals surface area contributed by atoms with Gasteiger partial charge < -0.3 is 14.5 Å². The summed E-state index contributed by atoms with van der Waals surface area (Å²) in [5, 5.41) is 0. The van der Waals surface area contributed by atoms with Crippen LogP contribution < -0.4 is 0 Å². The van der Waals surface area contributed by atoms with E-state index >= 15 is 0 Å². The van der Waals surface area contributed by atoms with E-state index in [9.17, 15) is 9.59 Å². The third-order valence-corrected chi connectivity index (χ3v) is 6.82. The lowest BCUT2D eigenvalue weighted by Gasteiger charge is -2.40. The smallest absolute Gasteiger partial charge is 0.226 e. The highest BCUT2D eigenvalue weighted by Crippen LogP contribution is 2.43. The predicted molar refractivity (Wildman–Crippen MR) is 105 cm³/mol. The molecule has 152 valence electrons. The van der Waals surface area contributed by atoms with E-state index in [1.807, 2.05) is 24.0 Å². The molecule has 2 amide bonds. The Morgan fingerprint density at radius 2 is 1.75 bits per heavy atom. The van der Waals surface area contributed by atoms with Crippen molar-refractivity contribution < 1.29 is 14.3 Å². The van der Waals surface area contributed by atoms with Crippen molar-refractivity contribution in [3.8, 4) is 0 Å². The number of rotatable bonds is 5. The van der Waals surface area contributed by atoms with Gasteiger partial charge in [-0.3, -0.25) is 14.6 Å². The summed E-state index contributed by atoms with van der Waals surface area (Å²) in [6.45, 7) is 6.27. The van der Waals surface area contributed by atoms with E-state index < -0.39 is 0 Å². The summed E-state index contributed by atoms with van der Waals surface area (Å²) in [5.41, 5.74) is 1.12. The van der Waals surface area contributed by atoms with Crippen molar-refractivity contribution in [2.75, 3.05) is 32.8 Å². The molecule has 2 atom stereocenters. The molecule has 3 heterocycles. The van der Waals surface area contributed by atoms with Crippen molar-refractivity contribution in [3.05, 3.63) is 30.1 Å². The van der Waals surface area contributed by atoms with Crippen LogP contribution in [-0.2, 0) is 20.9 Å². The van der Waals surface area contributed by atoms with Gasteiger partial charge >= 0.3 is 0 Å². The van der Waals surface area contributed by atoms with Gasteiger partial charge in [0.15, 0.2) is 0 Å². The second-order valence-electron chi connectivity index (χ2n) is 8.46. The number of likely N-dealkylation sites (tertiary alicyclic amines) is 1. The number of hydrogen-bond acceptors (Lipinski definition) is 4. The van der Waals surface area contributed by atoms with Gasteiger partial charge in [-0.15, -0.1) is 0 Å². The molecule has 0 N–H and O–H groups in total. The summed E-state index contributed by atoms with van der Waals surface area (Å²) in [7, 11) is 0. The second-order valence-corrected chi connectivity index (χ2v) is 8.46. The van der Waals surface area contributed by atoms with Gasteiger partial charge in [-0.1, -0.05) is 0 Å². The number of fused-ring (bicyclic) bond motifs is 2. The molecule has 1 aromatic heterocycles. The molecule has 0 spiro atoms. The predicted octanol–water partition coefficient (Wildman–Crippen LogP) is 2.34. The van der Waals surface area contributed by atoms with Crippen LogP contribution in [0.25, 0.3) is 0 Å². The highest BCUT2D eigenvalue weighted by Gasteiger charge is 2.48. The lowest BCUT2D eigenvalue weighted by molar-refractivity contribution is -0.148. The zero-order valence-electron chi connectivity index (χ0n) is 16.8. The Bertz CT molecular complexity index is 676. The van der Waals surface area contributed by atoms with Crippen LogP contribution in [0, 0.1) is 23.7 Å². The van der Waals surface area contributed by atoms with E-state index in [1.165, 1.54) is 0 Å². The van der Waals surface area contributed by atoms with Gasteiger partial charge in [-0.25, -0.2) is 0 Å². The minimum atomic E-state index is 0.0699. The Hall–Kier alpha value is -1.95. The van der Waals surface area contributed by atoms with Crippen LogP contribution in [0.5, 0.6) is 0 Å². The third kappa shape index (κ3) is 3.93. The number of carbonyl (C=O) groups is 2. The van der Waals surface area contributed by atoms with Gasteiger partial charge in [0.1, 0.15) is 0 Å². The van der Waals surface area contributed by atoms with Crippen molar-refractivity contribution in [1.82, 2.24) is 14.8 Å². The number of ether oxygens (including phenoxy) is 1. The molecule has 6 nitrogen and oxygen atoms in total. The van der Waals surface area contributed by atoms with Crippen LogP contribution in [0.2, 0.25) is 0 Å². The van der Waals surface area contributed by atoms with Gasteiger partial charge in [0.05, 0.1) is 0 Å². The van der Waals surface area contributed by atoms with Gasteiger partial charge in [-0.2, -0.15) is 0 Å². The number of amides is 2. The molecule has 28 heavy (non-hydrogen) atoms. The number of hydrogen-bond donors (Lipinski definition) is 0. The Kier molecular flexibility index (Phi) is 5.95. The third-order valence-electron chi connectivity index (χ3n) is 6.82. The van der Waals surface area contributed by atoms with Crippen LogP contribution in [0.3, 0.4) is 0 Å². The number of carbonyl (C=O) groups excluding carboxylic acids is 2. The fraction of sp³-hybridized carbons (Fsp3) is 0.682. The summed E-state index contributed by atoms with van der Waals surface area (Å²) in [4.78, 5) is 34.4. The molecule has 4 rings (SSSR count). The topological polar surface area (TPSA) is 62.7 Å². The lowest BCUT2D eigenvalue weighted by atomic mass is 9.83. The van der Waals surface area contributed by atoms with E-state index in [-0.39, 0.29) is 23.7 Å². The molecule has 6 heteroatoms. The molecule has 0 unspecified atom stereocenters. The maximum absolute atomic E-state index is 13.4. The molecule has 1 aromatic rings. The SMILES string of the molecule is CCN(Cc1ccncc1)C(=O)C1[C@H]2CC[C@H]1CN(C(=O)C1CCOCC1)C2. The maximum Gasteiger partial charge on any atom is 0.226 e. The normalized spacial score (nSPS) is 27.6. The monoisotopic (exact) mass is 385 g/mol. The molecular weight excluding hydrogens is 354 g/mol. The molecule has 3 fully saturated rings. The van der Waals surface area contributed by atoms with Gasteiger partial charge in [0.25, 0.3) is 0 Å². The lowest BCUT2D eigenvalue weighted by Crippen LogP contribution is -2.52. The van der Waals surface area contributed by atoms with Crippen LogP contribution in [-0.4, -0.2) is 59.4 Å². The Morgan fingerprint density at radius 1 is 1.11 bits per heavy atom. The van der Waals surface area contributed by atoms with Crippen LogP contribution >= 0.6 is 0 Å². The highest BCUT2D eigenvalue weighted by molar-refractivity contribution is 5.82. The number of aromatic nitrogens is 1. The average molecular weight is 386 g/mol. The summed E-state index contributed by atoms with van der Waals surface area (Å²) < 4.78 is 5.40. The quantitative estimate of drug-likeness (QED) is 0.781. The Balaban J connectivity index is 1.41. The van der Waals surface area contributed by atoms with Crippen molar-refractivity contribution >= 4 is 11.8 Å². The molecule has 0 radical (unpaired) electrons. The van der Waals surface area contributed by atoms with Crippen LogP contribution in [0.1, 0.15) is 38.2 Å². The van der Waals surface area contributed by atoms with Crippen LogP contribution in [0.15, 0.2) is 24.5 Å². The number of piperidine rings is 1. The Morgan fingerprint density at radius 3 is 2.36 bits per heavy atom. The summed E-state index contributed by atoms with van der Waals surface area (Å²) in [5.74, 6) is 1.35. The molecular formula is C22H31N3O3. The first kappa shape index (κ1) is 19.4. The van der Waals surface area contributed by atoms with Crippen molar-refractivity contribution in [1.29, 1.82) is 0 Å². The minimum Gasteiger partial charge on any atom is -0.381 e. The number of pyridine rings is 1. The van der Waals surface area contributed by atoms with Crippen molar-refractivity contribution in [2.45, 2.75) is 39.2 Å². The molecule has 0 aromatic carbocycles. The average Bonchev–Trinajstić information content (AvgIpc) is 3.01. The van der Waals surface area contributed by atoms with E-state index in [2.05, 4.69) is 9.88 Å². The summed E-state index contributed by atoms with van der Waals surface area (Å²) >= 11 is 0. The second kappa shape index (κ2) is 8.60. The molecule has 1 saturated carbocycles. The minimum absolute atomic E-state index is 0.0699. The van der Waals surface area contributed by atoms with Crippen LogP contribution in [0.4, 0.5) is 0 Å². The Labute approximate surface area is 167 Å². The molecule has 2 saturated heterocycles. The first-order valence-corrected chi connectivity index (χ1v) is 10.7. The summed E-state index contributed by atoms with van der Waals surface area (Å²) in [6.07, 6.45) is 7.34. The standard InChI is InChI=1S/C22H31N3O3/c1-2-24(13-16-5-9-23-10-6-16)22(27)20-18-3-4-19(20)15-25(14-18)21(26)17-7-11-28-12-8-17/h5-6,9-10,17-20H,2-4,7-8,11-15H2,1H3/t18-,19-/m0/s1. The fourth-order valence-electron chi connectivity index (χ4n) is 5.27. The molecule has 2 aliphatic heterocycles. The molecule has 2 bridgehead atoms. The van der Waals surface area contributed by atoms with Crippen molar-refractivity contribution in [3.63, 3.8) is 0 Å². The fourth-order valence-corrected chi connectivity index (χ4v) is 5.27. The molecule has 3 aliphatic rings. The highest BCUT2D eigenvalue weighted by atomic mass is 16.5. The first-order chi connectivity index (χ1) is 13.7. The van der Waals surface area contributed by atoms with Gasteiger partial charge in [0.2, 0.25) is 11.8 Å². The maximum atomic E-state index is 13.4. The number of nitrogens with zero attached hydrogens (tertiary/aromatic N) is 3. The van der Waals surface area contributed by atoms with E-state index in [4.69, 9.17) is 4.74 Å². The van der Waals surface area contributed by atoms with E-state index in [1.54, 1.807) is 12.4 Å².